The molecule has 0 radical (unpaired) electrons. The molecule has 1 saturated carbocycles. The number of carbonyl (C=O) groups excluding carboxylic acids is 1. The Morgan fingerprint density at radius 3 is 2.81 bits per heavy atom. The zero-order chi connectivity index (χ0) is 18.3. The Hall–Kier alpha value is -1.59. The van der Waals surface area contributed by atoms with Gasteiger partial charge in [-0.1, -0.05) is 6.07 Å². The maximum absolute atomic E-state index is 12.3. The van der Waals surface area contributed by atoms with Crippen molar-refractivity contribution in [3.8, 4) is 5.75 Å². The van der Waals surface area contributed by atoms with Crippen LogP contribution in [0.4, 0.5) is 0 Å². The molecule has 5 nitrogen and oxygen atoms in total. The summed E-state index contributed by atoms with van der Waals surface area (Å²) in [6.45, 7) is 2.20. The van der Waals surface area contributed by atoms with Gasteiger partial charge in [-0.25, -0.2) is 0 Å². The molecule has 142 valence electrons. The lowest BCUT2D eigenvalue weighted by molar-refractivity contribution is -0.145. The SMILES string of the molecule is COC(=O)CC12CCN(CC3CC3)C(Cc3ccc(OC)cc31)C2CO. The number of aliphatic hydroxyl groups excluding tert-OH is 1. The number of methoxy groups -OCH3 is 2. The third-order valence-corrected chi connectivity index (χ3v) is 6.84. The minimum absolute atomic E-state index is 0.0497. The number of fused-ring (bicyclic) bond motifs is 4. The summed E-state index contributed by atoms with van der Waals surface area (Å²) in [7, 11) is 3.12. The number of carbonyl (C=O) groups is 1. The van der Waals surface area contributed by atoms with E-state index in [2.05, 4.69) is 17.0 Å². The van der Waals surface area contributed by atoms with E-state index in [1.54, 1.807) is 7.11 Å². The molecule has 1 aliphatic heterocycles. The van der Waals surface area contributed by atoms with Gasteiger partial charge in [-0.05, 0) is 61.4 Å². The molecule has 1 heterocycles. The fourth-order valence-electron chi connectivity index (χ4n) is 5.27. The zero-order valence-corrected chi connectivity index (χ0v) is 15.7. The maximum Gasteiger partial charge on any atom is 0.306 e. The first-order valence-corrected chi connectivity index (χ1v) is 9.70. The van der Waals surface area contributed by atoms with Crippen LogP contribution in [0.25, 0.3) is 0 Å². The second kappa shape index (κ2) is 6.86. The quantitative estimate of drug-likeness (QED) is 0.789. The normalized spacial score (nSPS) is 30.6. The molecule has 2 bridgehead atoms. The van der Waals surface area contributed by atoms with Crippen LogP contribution in [0.15, 0.2) is 18.2 Å². The molecule has 0 spiro atoms. The molecule has 1 aromatic rings. The lowest BCUT2D eigenvalue weighted by Gasteiger charge is -2.56. The summed E-state index contributed by atoms with van der Waals surface area (Å²) < 4.78 is 10.5. The van der Waals surface area contributed by atoms with E-state index in [0.717, 1.165) is 37.6 Å². The first kappa shape index (κ1) is 17.8. The number of nitrogens with zero attached hydrogens (tertiary/aromatic N) is 1. The van der Waals surface area contributed by atoms with E-state index in [1.807, 2.05) is 6.07 Å². The summed E-state index contributed by atoms with van der Waals surface area (Å²) >= 11 is 0. The van der Waals surface area contributed by atoms with Crippen LogP contribution < -0.4 is 4.74 Å². The van der Waals surface area contributed by atoms with Gasteiger partial charge in [-0.3, -0.25) is 9.69 Å². The second-order valence-electron chi connectivity index (χ2n) is 8.18. The molecule has 26 heavy (non-hydrogen) atoms. The minimum Gasteiger partial charge on any atom is -0.497 e. The Morgan fingerprint density at radius 2 is 2.15 bits per heavy atom. The van der Waals surface area contributed by atoms with Crippen molar-refractivity contribution in [2.45, 2.75) is 43.6 Å². The summed E-state index contributed by atoms with van der Waals surface area (Å²) in [5, 5.41) is 10.4. The molecule has 0 aromatic heterocycles. The van der Waals surface area contributed by atoms with E-state index in [0.29, 0.717) is 12.5 Å². The van der Waals surface area contributed by atoms with Crippen LogP contribution in [0.3, 0.4) is 0 Å². The minimum atomic E-state index is -0.366. The van der Waals surface area contributed by atoms with Gasteiger partial charge in [0.05, 0.1) is 20.6 Å². The average Bonchev–Trinajstić information content (AvgIpc) is 3.47. The molecule has 1 N–H and O–H groups in total. The molecule has 2 fully saturated rings. The van der Waals surface area contributed by atoms with E-state index < -0.39 is 0 Å². The molecule has 3 atom stereocenters. The number of aliphatic hydroxyl groups is 1. The number of hydrogen-bond acceptors (Lipinski definition) is 5. The average molecular weight is 359 g/mol. The largest absolute Gasteiger partial charge is 0.497 e. The van der Waals surface area contributed by atoms with Crippen molar-refractivity contribution in [3.63, 3.8) is 0 Å². The summed E-state index contributed by atoms with van der Waals surface area (Å²) in [5.74, 6) is 1.48. The van der Waals surface area contributed by atoms with E-state index in [1.165, 1.54) is 31.1 Å². The lowest BCUT2D eigenvalue weighted by Crippen LogP contribution is -2.62. The predicted octanol–water partition coefficient (Wildman–Crippen LogP) is 2.15. The van der Waals surface area contributed by atoms with Gasteiger partial charge in [0.25, 0.3) is 0 Å². The summed E-state index contributed by atoms with van der Waals surface area (Å²) in [6, 6.07) is 6.51. The molecule has 2 aliphatic carbocycles. The van der Waals surface area contributed by atoms with Crippen LogP contribution in [-0.4, -0.2) is 55.9 Å². The number of piperidine rings is 1. The van der Waals surface area contributed by atoms with Gasteiger partial charge in [0.2, 0.25) is 0 Å². The van der Waals surface area contributed by atoms with Crippen LogP contribution in [0.5, 0.6) is 5.75 Å². The number of ether oxygens (including phenoxy) is 2. The lowest BCUT2D eigenvalue weighted by atomic mass is 9.56. The van der Waals surface area contributed by atoms with Gasteiger partial charge in [0.15, 0.2) is 0 Å². The zero-order valence-electron chi connectivity index (χ0n) is 15.7. The van der Waals surface area contributed by atoms with Crippen LogP contribution in [0.2, 0.25) is 0 Å². The maximum atomic E-state index is 12.3. The van der Waals surface area contributed by atoms with Crippen molar-refractivity contribution in [2.24, 2.45) is 11.8 Å². The predicted molar refractivity (Wildman–Crippen MR) is 98.3 cm³/mol. The van der Waals surface area contributed by atoms with Gasteiger partial charge < -0.3 is 14.6 Å². The van der Waals surface area contributed by atoms with E-state index in [9.17, 15) is 9.90 Å². The highest BCUT2D eigenvalue weighted by atomic mass is 16.5. The molecular formula is C21H29NO4. The van der Waals surface area contributed by atoms with E-state index in [-0.39, 0.29) is 23.9 Å². The Labute approximate surface area is 155 Å². The standard InChI is InChI=1S/C21H29NO4/c1-25-16-6-5-15-9-19-18(13-23)21(17(15)10-16,11-20(24)26-2)7-8-22(19)12-14-3-4-14/h5-6,10,14,18-19,23H,3-4,7-9,11-13H2,1-2H3. The number of hydrogen-bond donors (Lipinski definition) is 1. The van der Waals surface area contributed by atoms with E-state index in [4.69, 9.17) is 9.47 Å². The van der Waals surface area contributed by atoms with Gasteiger partial charge in [0, 0.05) is 30.5 Å². The highest BCUT2D eigenvalue weighted by Crippen LogP contribution is 2.52. The van der Waals surface area contributed by atoms with Crippen molar-refractivity contribution in [3.05, 3.63) is 29.3 Å². The highest BCUT2D eigenvalue weighted by molar-refractivity contribution is 5.72. The first-order valence-electron chi connectivity index (χ1n) is 9.70. The highest BCUT2D eigenvalue weighted by Gasteiger charge is 2.54. The molecule has 0 amide bonds. The molecule has 1 aromatic carbocycles. The van der Waals surface area contributed by atoms with Crippen LogP contribution in [-0.2, 0) is 21.4 Å². The Morgan fingerprint density at radius 1 is 1.35 bits per heavy atom. The molecular weight excluding hydrogens is 330 g/mol. The second-order valence-corrected chi connectivity index (χ2v) is 8.18. The molecule has 4 rings (SSSR count). The van der Waals surface area contributed by atoms with E-state index >= 15 is 0 Å². The number of benzene rings is 1. The summed E-state index contributed by atoms with van der Waals surface area (Å²) in [6.07, 6.45) is 4.78. The number of esters is 1. The molecule has 1 saturated heterocycles. The first-order chi connectivity index (χ1) is 12.6. The summed E-state index contributed by atoms with van der Waals surface area (Å²) in [4.78, 5) is 14.9. The fourth-order valence-corrected chi connectivity index (χ4v) is 5.27. The van der Waals surface area contributed by atoms with Gasteiger partial charge in [-0.2, -0.15) is 0 Å². The monoisotopic (exact) mass is 359 g/mol. The van der Waals surface area contributed by atoms with Crippen LogP contribution >= 0.6 is 0 Å². The van der Waals surface area contributed by atoms with Gasteiger partial charge in [-0.15, -0.1) is 0 Å². The summed E-state index contributed by atoms with van der Waals surface area (Å²) in [5.41, 5.74) is 2.09. The van der Waals surface area contributed by atoms with Crippen molar-refractivity contribution in [1.82, 2.24) is 4.90 Å². The Balaban J connectivity index is 1.77. The molecule has 3 aliphatic rings. The van der Waals surface area contributed by atoms with Crippen molar-refractivity contribution < 1.29 is 19.4 Å². The molecule has 3 unspecified atom stereocenters. The van der Waals surface area contributed by atoms with Crippen LogP contribution in [0.1, 0.15) is 36.8 Å². The number of rotatable bonds is 6. The van der Waals surface area contributed by atoms with Gasteiger partial charge >= 0.3 is 5.97 Å². The topological polar surface area (TPSA) is 59.0 Å². The third kappa shape index (κ3) is 2.91. The van der Waals surface area contributed by atoms with Crippen LogP contribution in [0, 0.1) is 11.8 Å². The number of likely N-dealkylation sites (tertiary alicyclic amines) is 1. The Kier molecular flexibility index (Phi) is 4.70. The van der Waals surface area contributed by atoms with Crippen molar-refractivity contribution in [1.29, 1.82) is 0 Å². The smallest absolute Gasteiger partial charge is 0.306 e. The van der Waals surface area contributed by atoms with Crippen molar-refractivity contribution in [2.75, 3.05) is 33.9 Å². The fraction of sp³-hybridized carbons (Fsp3) is 0.667. The van der Waals surface area contributed by atoms with Gasteiger partial charge in [0.1, 0.15) is 5.75 Å². The Bertz CT molecular complexity index is 687. The molecule has 5 heteroatoms. The van der Waals surface area contributed by atoms with Crippen molar-refractivity contribution >= 4 is 5.97 Å². The third-order valence-electron chi connectivity index (χ3n) is 6.84.